The lowest BCUT2D eigenvalue weighted by atomic mass is 9.92. The fourth-order valence-electron chi connectivity index (χ4n) is 3.18. The lowest BCUT2D eigenvalue weighted by Crippen LogP contribution is -2.15. The molecule has 0 aliphatic rings. The van der Waals surface area contributed by atoms with Crippen LogP contribution in [0.4, 0.5) is 0 Å². The predicted molar refractivity (Wildman–Crippen MR) is 114 cm³/mol. The van der Waals surface area contributed by atoms with E-state index in [1.165, 1.54) is 36.8 Å². The fourth-order valence-corrected chi connectivity index (χ4v) is 3.18. The standard InChI is InChI=1S/C23H33NO.ClH/c1-3-5-9-19(4-2)18-25-23-14-12-21(13-15-23)22(17-24)16-20-10-7-6-8-11-20;/h6-8,10-15,19,22H,3-5,9,16-18,24H2,1-2H3;1H. The molecule has 0 spiro atoms. The van der Waals surface area contributed by atoms with Crippen LogP contribution in [0.5, 0.6) is 5.75 Å². The van der Waals surface area contributed by atoms with E-state index in [1.807, 2.05) is 0 Å². The molecular formula is C23H34ClNO. The number of rotatable bonds is 11. The summed E-state index contributed by atoms with van der Waals surface area (Å²) in [4.78, 5) is 0. The van der Waals surface area contributed by atoms with Crippen LogP contribution in [0, 0.1) is 5.92 Å². The first-order chi connectivity index (χ1) is 12.3. The molecular weight excluding hydrogens is 342 g/mol. The van der Waals surface area contributed by atoms with Gasteiger partial charge >= 0.3 is 0 Å². The molecule has 2 rings (SSSR count). The molecule has 0 saturated carbocycles. The molecule has 0 aliphatic heterocycles. The molecule has 0 fully saturated rings. The molecule has 0 bridgehead atoms. The first-order valence-corrected chi connectivity index (χ1v) is 9.73. The maximum atomic E-state index is 6.02. The Labute approximate surface area is 165 Å². The monoisotopic (exact) mass is 375 g/mol. The van der Waals surface area contributed by atoms with Crippen LogP contribution in [0.15, 0.2) is 54.6 Å². The van der Waals surface area contributed by atoms with E-state index in [1.54, 1.807) is 0 Å². The van der Waals surface area contributed by atoms with Gasteiger partial charge in [0.25, 0.3) is 0 Å². The summed E-state index contributed by atoms with van der Waals surface area (Å²) >= 11 is 0. The van der Waals surface area contributed by atoms with Crippen LogP contribution in [0.25, 0.3) is 0 Å². The van der Waals surface area contributed by atoms with E-state index >= 15 is 0 Å². The topological polar surface area (TPSA) is 35.2 Å². The van der Waals surface area contributed by atoms with Gasteiger partial charge in [-0.1, -0.05) is 75.6 Å². The average molecular weight is 376 g/mol. The van der Waals surface area contributed by atoms with Crippen molar-refractivity contribution >= 4 is 12.4 Å². The third-order valence-corrected chi connectivity index (χ3v) is 4.99. The zero-order chi connectivity index (χ0) is 17.9. The van der Waals surface area contributed by atoms with Crippen molar-refractivity contribution in [1.82, 2.24) is 0 Å². The molecule has 26 heavy (non-hydrogen) atoms. The number of hydrogen-bond donors (Lipinski definition) is 1. The molecule has 2 aromatic carbocycles. The van der Waals surface area contributed by atoms with E-state index < -0.39 is 0 Å². The minimum absolute atomic E-state index is 0. The van der Waals surface area contributed by atoms with Crippen molar-refractivity contribution in [3.8, 4) is 5.75 Å². The van der Waals surface area contributed by atoms with Gasteiger partial charge in [-0.05, 0) is 48.6 Å². The van der Waals surface area contributed by atoms with Crippen LogP contribution < -0.4 is 10.5 Å². The van der Waals surface area contributed by atoms with E-state index in [2.05, 4.69) is 68.4 Å². The molecule has 2 aromatic rings. The molecule has 3 heteroatoms. The van der Waals surface area contributed by atoms with Crippen molar-refractivity contribution in [1.29, 1.82) is 0 Å². The zero-order valence-corrected chi connectivity index (χ0v) is 17.0. The Kier molecular flexibility index (Phi) is 11.1. The zero-order valence-electron chi connectivity index (χ0n) is 16.2. The van der Waals surface area contributed by atoms with Crippen LogP contribution in [-0.2, 0) is 6.42 Å². The Morgan fingerprint density at radius 1 is 0.962 bits per heavy atom. The molecule has 144 valence electrons. The number of nitrogens with two attached hydrogens (primary N) is 1. The predicted octanol–water partition coefficient (Wildman–Crippen LogP) is 5.99. The van der Waals surface area contributed by atoms with Crippen LogP contribution >= 0.6 is 12.4 Å². The SMILES string of the molecule is CCCCC(CC)COc1ccc(C(CN)Cc2ccccc2)cc1.Cl. The van der Waals surface area contributed by atoms with Crippen LogP contribution in [0.2, 0.25) is 0 Å². The molecule has 2 nitrogen and oxygen atoms in total. The highest BCUT2D eigenvalue weighted by Gasteiger charge is 2.11. The largest absolute Gasteiger partial charge is 0.493 e. The molecule has 2 unspecified atom stereocenters. The van der Waals surface area contributed by atoms with Crippen molar-refractivity contribution in [2.75, 3.05) is 13.2 Å². The molecule has 0 amide bonds. The molecule has 0 saturated heterocycles. The summed E-state index contributed by atoms with van der Waals surface area (Å²) in [6.45, 7) is 5.97. The van der Waals surface area contributed by atoms with Gasteiger partial charge in [0.05, 0.1) is 6.61 Å². The summed E-state index contributed by atoms with van der Waals surface area (Å²) in [5.74, 6) is 1.98. The van der Waals surface area contributed by atoms with Gasteiger partial charge in [-0.15, -0.1) is 12.4 Å². The van der Waals surface area contributed by atoms with Crippen LogP contribution in [0.1, 0.15) is 56.6 Å². The highest BCUT2D eigenvalue weighted by Crippen LogP contribution is 2.23. The van der Waals surface area contributed by atoms with Gasteiger partial charge in [-0.25, -0.2) is 0 Å². The van der Waals surface area contributed by atoms with Gasteiger partial charge in [0.1, 0.15) is 5.75 Å². The molecule has 0 radical (unpaired) electrons. The van der Waals surface area contributed by atoms with Crippen molar-refractivity contribution < 1.29 is 4.74 Å². The lowest BCUT2D eigenvalue weighted by molar-refractivity contribution is 0.233. The quantitative estimate of drug-likeness (QED) is 0.523. The minimum Gasteiger partial charge on any atom is -0.493 e. The first-order valence-electron chi connectivity index (χ1n) is 9.73. The fraction of sp³-hybridized carbons (Fsp3) is 0.478. The summed E-state index contributed by atoms with van der Waals surface area (Å²) in [5, 5.41) is 0. The molecule has 2 N–H and O–H groups in total. The Morgan fingerprint density at radius 2 is 1.65 bits per heavy atom. The Morgan fingerprint density at radius 3 is 2.23 bits per heavy atom. The summed E-state index contributed by atoms with van der Waals surface area (Å²) in [5.41, 5.74) is 8.64. The van der Waals surface area contributed by atoms with E-state index in [0.717, 1.165) is 18.8 Å². The molecule has 2 atom stereocenters. The van der Waals surface area contributed by atoms with E-state index in [0.29, 0.717) is 18.4 Å². The van der Waals surface area contributed by atoms with E-state index in [4.69, 9.17) is 10.5 Å². The second-order valence-corrected chi connectivity index (χ2v) is 6.92. The van der Waals surface area contributed by atoms with Crippen molar-refractivity contribution in [2.45, 2.75) is 51.9 Å². The third kappa shape index (κ3) is 7.39. The Bertz CT molecular complexity index is 585. The normalized spacial score (nSPS) is 12.9. The number of ether oxygens (including phenoxy) is 1. The number of unbranched alkanes of at least 4 members (excludes halogenated alkanes) is 1. The van der Waals surface area contributed by atoms with Gasteiger partial charge in [0.15, 0.2) is 0 Å². The second kappa shape index (κ2) is 12.8. The third-order valence-electron chi connectivity index (χ3n) is 4.99. The Balaban J connectivity index is 0.00000338. The van der Waals surface area contributed by atoms with Gasteiger partial charge < -0.3 is 10.5 Å². The lowest BCUT2D eigenvalue weighted by Gasteiger charge is -2.18. The number of halogens is 1. The highest BCUT2D eigenvalue weighted by molar-refractivity contribution is 5.85. The van der Waals surface area contributed by atoms with Crippen molar-refractivity contribution in [2.24, 2.45) is 11.7 Å². The van der Waals surface area contributed by atoms with Gasteiger partial charge in [0, 0.05) is 5.92 Å². The van der Waals surface area contributed by atoms with Crippen LogP contribution in [-0.4, -0.2) is 13.2 Å². The summed E-state index contributed by atoms with van der Waals surface area (Å²) in [7, 11) is 0. The van der Waals surface area contributed by atoms with Crippen molar-refractivity contribution in [3.05, 3.63) is 65.7 Å². The average Bonchev–Trinajstić information content (AvgIpc) is 2.67. The number of hydrogen-bond acceptors (Lipinski definition) is 2. The maximum absolute atomic E-state index is 6.02. The summed E-state index contributed by atoms with van der Waals surface area (Å²) < 4.78 is 6.01. The van der Waals surface area contributed by atoms with Crippen molar-refractivity contribution in [3.63, 3.8) is 0 Å². The van der Waals surface area contributed by atoms with E-state index in [-0.39, 0.29) is 12.4 Å². The Hall–Kier alpha value is -1.51. The summed E-state index contributed by atoms with van der Waals surface area (Å²) in [6, 6.07) is 19.1. The van der Waals surface area contributed by atoms with E-state index in [9.17, 15) is 0 Å². The highest BCUT2D eigenvalue weighted by atomic mass is 35.5. The van der Waals surface area contributed by atoms with Crippen LogP contribution in [0.3, 0.4) is 0 Å². The van der Waals surface area contributed by atoms with Gasteiger partial charge in [-0.3, -0.25) is 0 Å². The maximum Gasteiger partial charge on any atom is 0.119 e. The molecule has 0 aliphatic carbocycles. The molecule has 0 heterocycles. The summed E-state index contributed by atoms with van der Waals surface area (Å²) in [6.07, 6.45) is 5.97. The second-order valence-electron chi connectivity index (χ2n) is 6.92. The van der Waals surface area contributed by atoms with Gasteiger partial charge in [0.2, 0.25) is 0 Å². The minimum atomic E-state index is 0. The molecule has 0 aromatic heterocycles. The van der Waals surface area contributed by atoms with Gasteiger partial charge in [-0.2, -0.15) is 0 Å². The number of benzene rings is 2. The first kappa shape index (κ1) is 22.5. The smallest absolute Gasteiger partial charge is 0.119 e.